The molecule has 0 saturated heterocycles. The molecule has 30 heavy (non-hydrogen) atoms. The van der Waals surface area contributed by atoms with Crippen molar-refractivity contribution >= 4 is 28.9 Å². The number of para-hydroxylation sites is 1. The summed E-state index contributed by atoms with van der Waals surface area (Å²) in [6.45, 7) is 0. The summed E-state index contributed by atoms with van der Waals surface area (Å²) < 4.78 is 0. The fourth-order valence-electron chi connectivity index (χ4n) is 4.17. The predicted octanol–water partition coefficient (Wildman–Crippen LogP) is 4.98. The average Bonchev–Trinajstić information content (AvgIpc) is 3.24. The second kappa shape index (κ2) is 7.33. The Morgan fingerprint density at radius 1 is 1.00 bits per heavy atom. The van der Waals surface area contributed by atoms with Crippen LogP contribution in [-0.4, -0.2) is 17.7 Å². The molecule has 0 fully saturated rings. The smallest absolute Gasteiger partial charge is 0.259 e. The van der Waals surface area contributed by atoms with E-state index in [1.165, 1.54) is 0 Å². The molecule has 0 saturated carbocycles. The minimum atomic E-state index is -0.769. The van der Waals surface area contributed by atoms with E-state index in [2.05, 4.69) is 11.2 Å². The Balaban J connectivity index is 1.64. The van der Waals surface area contributed by atoms with Crippen molar-refractivity contribution in [3.05, 3.63) is 101 Å². The number of halogens is 1. The number of benzene rings is 3. The van der Waals surface area contributed by atoms with Gasteiger partial charge < -0.3 is 4.84 Å². The quantitative estimate of drug-likeness (QED) is 0.594. The van der Waals surface area contributed by atoms with Crippen LogP contribution >= 0.6 is 11.6 Å². The molecule has 0 bridgehead atoms. The molecule has 3 aromatic rings. The summed E-state index contributed by atoms with van der Waals surface area (Å²) >= 11 is 6.03. The van der Waals surface area contributed by atoms with Gasteiger partial charge in [-0.25, -0.2) is 0 Å². The third-order valence-electron chi connectivity index (χ3n) is 5.54. The molecule has 1 amide bonds. The normalized spacial score (nSPS) is 21.7. The molecule has 2 heterocycles. The van der Waals surface area contributed by atoms with Crippen LogP contribution in [0.15, 0.2) is 84.0 Å². The molecule has 2 aliphatic heterocycles. The van der Waals surface area contributed by atoms with Crippen molar-refractivity contribution in [1.82, 2.24) is 0 Å². The number of hydrogen-bond donors (Lipinski definition) is 0. The van der Waals surface area contributed by atoms with E-state index in [9.17, 15) is 10.1 Å². The van der Waals surface area contributed by atoms with E-state index in [0.29, 0.717) is 22.0 Å². The Labute approximate surface area is 178 Å². The minimum absolute atomic E-state index is 0.226. The van der Waals surface area contributed by atoms with Gasteiger partial charge in [0.05, 0.1) is 23.4 Å². The van der Waals surface area contributed by atoms with Gasteiger partial charge in [0.1, 0.15) is 6.04 Å². The number of hydrogen-bond acceptors (Lipinski definition) is 4. The Morgan fingerprint density at radius 3 is 2.43 bits per heavy atom. The van der Waals surface area contributed by atoms with E-state index in [0.717, 1.165) is 11.1 Å². The number of nitriles is 1. The zero-order valence-electron chi connectivity index (χ0n) is 15.8. The molecule has 2 aliphatic rings. The van der Waals surface area contributed by atoms with Gasteiger partial charge in [-0.1, -0.05) is 65.3 Å². The molecule has 0 N–H and O–H groups in total. The Bertz CT molecular complexity index is 1190. The zero-order valence-corrected chi connectivity index (χ0v) is 16.5. The van der Waals surface area contributed by atoms with Crippen LogP contribution in [0.2, 0.25) is 5.02 Å². The number of anilines is 1. The molecule has 0 aliphatic carbocycles. The van der Waals surface area contributed by atoms with Crippen molar-refractivity contribution in [2.24, 2.45) is 11.1 Å². The number of carbonyl (C=O) groups is 1. The molecule has 5 nitrogen and oxygen atoms in total. The van der Waals surface area contributed by atoms with Gasteiger partial charge in [0, 0.05) is 16.1 Å². The van der Waals surface area contributed by atoms with Gasteiger partial charge in [0.25, 0.3) is 5.91 Å². The van der Waals surface area contributed by atoms with Crippen molar-refractivity contribution in [3.63, 3.8) is 0 Å². The van der Waals surface area contributed by atoms with Crippen LogP contribution in [0.4, 0.5) is 5.69 Å². The zero-order chi connectivity index (χ0) is 20.7. The van der Waals surface area contributed by atoms with E-state index >= 15 is 0 Å². The van der Waals surface area contributed by atoms with Gasteiger partial charge in [-0.05, 0) is 35.9 Å². The van der Waals surface area contributed by atoms with Crippen LogP contribution in [0.25, 0.3) is 0 Å². The summed E-state index contributed by atoms with van der Waals surface area (Å²) in [6, 6.07) is 25.3. The largest absolute Gasteiger partial charge is 0.386 e. The molecule has 0 radical (unpaired) electrons. The maximum Gasteiger partial charge on any atom is 0.259 e. The Hall–Kier alpha value is -3.62. The second-order valence-electron chi connectivity index (χ2n) is 7.21. The summed E-state index contributed by atoms with van der Waals surface area (Å²) in [6.07, 6.45) is -0.434. The second-order valence-corrected chi connectivity index (χ2v) is 7.65. The lowest BCUT2D eigenvalue weighted by Crippen LogP contribution is -2.51. The third-order valence-corrected chi connectivity index (χ3v) is 5.79. The number of carbonyl (C=O) groups excluding carboxylic acids is 1. The fraction of sp³-hybridized carbons (Fsp3) is 0.125. The highest BCUT2D eigenvalue weighted by molar-refractivity contribution is 6.30. The average molecular weight is 414 g/mol. The first kappa shape index (κ1) is 18.4. The highest BCUT2D eigenvalue weighted by Gasteiger charge is 2.51. The van der Waals surface area contributed by atoms with E-state index in [1.54, 1.807) is 29.2 Å². The van der Waals surface area contributed by atoms with E-state index in [4.69, 9.17) is 16.4 Å². The summed E-state index contributed by atoms with van der Waals surface area (Å²) in [5.41, 5.74) is 3.50. The highest BCUT2D eigenvalue weighted by Crippen LogP contribution is 2.47. The van der Waals surface area contributed by atoms with Gasteiger partial charge in [-0.2, -0.15) is 5.26 Å². The molecule has 1 unspecified atom stereocenters. The number of fused-ring (bicyclic) bond motifs is 3. The van der Waals surface area contributed by atoms with E-state index in [-0.39, 0.29) is 5.91 Å². The van der Waals surface area contributed by atoms with Gasteiger partial charge in [-0.3, -0.25) is 9.69 Å². The molecular formula is C24H16ClN3O2. The van der Waals surface area contributed by atoms with Crippen molar-refractivity contribution in [3.8, 4) is 6.07 Å². The first-order valence-corrected chi connectivity index (χ1v) is 9.93. The standard InChI is InChI=1S/C24H16ClN3O2/c25-17-12-10-15(11-13-17)22-21-20(14-26)28(24(29)16-6-2-1-3-7-16)19-9-5-4-8-18(19)23(21)30-27-22/h1-13,20-21,23H/t20?,21-,23-/m0/s1. The number of rotatable bonds is 2. The molecular weight excluding hydrogens is 398 g/mol. The maximum atomic E-state index is 13.5. The molecule has 0 aromatic heterocycles. The molecule has 5 rings (SSSR count). The predicted molar refractivity (Wildman–Crippen MR) is 114 cm³/mol. The lowest BCUT2D eigenvalue weighted by molar-refractivity contribution is 0.0533. The number of amides is 1. The molecule has 0 spiro atoms. The molecule has 6 heteroatoms. The summed E-state index contributed by atoms with van der Waals surface area (Å²) in [5, 5.41) is 15.1. The van der Waals surface area contributed by atoms with E-state index < -0.39 is 18.1 Å². The first-order valence-electron chi connectivity index (χ1n) is 9.56. The van der Waals surface area contributed by atoms with Gasteiger partial charge in [0.2, 0.25) is 0 Å². The summed E-state index contributed by atoms with van der Waals surface area (Å²) in [7, 11) is 0. The minimum Gasteiger partial charge on any atom is -0.386 e. The Morgan fingerprint density at radius 2 is 1.70 bits per heavy atom. The summed E-state index contributed by atoms with van der Waals surface area (Å²) in [4.78, 5) is 20.9. The van der Waals surface area contributed by atoms with Crippen LogP contribution in [0.5, 0.6) is 0 Å². The number of oxime groups is 1. The Kier molecular flexibility index (Phi) is 4.50. The molecule has 3 atom stereocenters. The van der Waals surface area contributed by atoms with Gasteiger partial charge >= 0.3 is 0 Å². The topological polar surface area (TPSA) is 65.7 Å². The lowest BCUT2D eigenvalue weighted by Gasteiger charge is -2.39. The lowest BCUT2D eigenvalue weighted by atomic mass is 9.79. The van der Waals surface area contributed by atoms with Gasteiger partial charge in [-0.15, -0.1) is 0 Å². The third kappa shape index (κ3) is 2.85. The SMILES string of the molecule is N#CC1[C@H]2C(c3ccc(Cl)cc3)=NO[C@H]2c2ccccc2N1C(=O)c1ccccc1. The highest BCUT2D eigenvalue weighted by atomic mass is 35.5. The number of nitrogens with zero attached hydrogens (tertiary/aromatic N) is 3. The van der Waals surface area contributed by atoms with Crippen molar-refractivity contribution < 1.29 is 9.63 Å². The van der Waals surface area contributed by atoms with E-state index in [1.807, 2.05) is 54.6 Å². The van der Waals surface area contributed by atoms with Crippen LogP contribution in [0.1, 0.15) is 27.6 Å². The van der Waals surface area contributed by atoms with Crippen LogP contribution in [0.3, 0.4) is 0 Å². The molecule has 3 aromatic carbocycles. The summed E-state index contributed by atoms with van der Waals surface area (Å²) in [5.74, 6) is -0.644. The van der Waals surface area contributed by atoms with Crippen molar-refractivity contribution in [1.29, 1.82) is 5.26 Å². The van der Waals surface area contributed by atoms with Crippen LogP contribution in [-0.2, 0) is 4.84 Å². The fourth-order valence-corrected chi connectivity index (χ4v) is 4.29. The van der Waals surface area contributed by atoms with Crippen molar-refractivity contribution in [2.45, 2.75) is 12.1 Å². The first-order chi connectivity index (χ1) is 14.7. The molecule has 146 valence electrons. The maximum absolute atomic E-state index is 13.5. The van der Waals surface area contributed by atoms with Crippen LogP contribution in [0, 0.1) is 17.2 Å². The van der Waals surface area contributed by atoms with Crippen molar-refractivity contribution in [2.75, 3.05) is 4.90 Å². The van der Waals surface area contributed by atoms with Gasteiger partial charge in [0.15, 0.2) is 6.10 Å². The van der Waals surface area contributed by atoms with Crippen LogP contribution < -0.4 is 4.90 Å². The monoisotopic (exact) mass is 413 g/mol.